The Balaban J connectivity index is 3.72. The Hall–Kier alpha value is -0.910. The van der Waals surface area contributed by atoms with E-state index in [2.05, 4.69) is 5.32 Å². The number of amides is 1. The van der Waals surface area contributed by atoms with Crippen LogP contribution in [0, 0.1) is 0 Å². The van der Waals surface area contributed by atoms with Gasteiger partial charge in [0.1, 0.15) is 5.60 Å². The quantitative estimate of drug-likeness (QED) is 0.760. The highest BCUT2D eigenvalue weighted by Gasteiger charge is 2.17. The molecule has 0 aromatic rings. The van der Waals surface area contributed by atoms with E-state index in [0.717, 1.165) is 0 Å². The largest absolute Gasteiger partial charge is 0.444 e. The molecule has 1 amide bonds. The second kappa shape index (κ2) is 5.85. The van der Waals surface area contributed by atoms with Crippen molar-refractivity contribution in [3.8, 4) is 0 Å². The van der Waals surface area contributed by atoms with Crippen molar-refractivity contribution in [2.75, 3.05) is 6.54 Å². The van der Waals surface area contributed by atoms with Gasteiger partial charge in [-0.15, -0.1) is 0 Å². The van der Waals surface area contributed by atoms with Gasteiger partial charge in [0, 0.05) is 19.0 Å². The Bertz CT molecular complexity index is 205. The van der Waals surface area contributed by atoms with E-state index in [-0.39, 0.29) is 6.54 Å². The molecule has 0 unspecified atom stereocenters. The van der Waals surface area contributed by atoms with Gasteiger partial charge in [-0.1, -0.05) is 0 Å². The van der Waals surface area contributed by atoms with Crippen LogP contribution in [0.2, 0.25) is 0 Å². The van der Waals surface area contributed by atoms with Gasteiger partial charge in [0.2, 0.25) is 6.43 Å². The number of alkyl halides is 2. The van der Waals surface area contributed by atoms with E-state index in [1.54, 1.807) is 20.8 Å². The molecule has 0 spiro atoms. The van der Waals surface area contributed by atoms with Crippen molar-refractivity contribution < 1.29 is 18.3 Å². The zero-order valence-corrected chi connectivity index (χ0v) is 9.22. The fraction of sp³-hybridized carbons (Fsp3) is 0.889. The summed E-state index contributed by atoms with van der Waals surface area (Å²) in [4.78, 5) is 11.1. The van der Waals surface area contributed by atoms with Crippen LogP contribution < -0.4 is 11.1 Å². The third kappa shape index (κ3) is 9.40. The maximum absolute atomic E-state index is 11.9. The highest BCUT2D eigenvalue weighted by atomic mass is 19.3. The minimum absolute atomic E-state index is 0.0146. The van der Waals surface area contributed by atoms with Gasteiger partial charge < -0.3 is 15.8 Å². The average molecular weight is 224 g/mol. The number of hydrogen-bond donors (Lipinski definition) is 2. The molecule has 0 heterocycles. The van der Waals surface area contributed by atoms with Crippen LogP contribution in [-0.4, -0.2) is 30.7 Å². The number of carbonyl (C=O) groups excluding carboxylic acids is 1. The predicted molar refractivity (Wildman–Crippen MR) is 52.8 cm³/mol. The Labute approximate surface area is 88.2 Å². The lowest BCUT2D eigenvalue weighted by molar-refractivity contribution is 0.0516. The first-order valence-corrected chi connectivity index (χ1v) is 4.71. The number of ether oxygens (including phenoxy) is 1. The molecule has 15 heavy (non-hydrogen) atoms. The van der Waals surface area contributed by atoms with Crippen LogP contribution in [-0.2, 0) is 4.74 Å². The molecule has 0 radical (unpaired) electrons. The Morgan fingerprint density at radius 2 is 2.00 bits per heavy atom. The molecule has 0 aromatic heterocycles. The average Bonchev–Trinajstić information content (AvgIpc) is 1.96. The number of carbonyl (C=O) groups is 1. The number of halogens is 2. The number of hydrogen-bond acceptors (Lipinski definition) is 3. The number of nitrogens with two attached hydrogens (primary N) is 1. The van der Waals surface area contributed by atoms with Gasteiger partial charge in [0.05, 0.1) is 0 Å². The smallest absolute Gasteiger partial charge is 0.407 e. The topological polar surface area (TPSA) is 64.3 Å². The number of nitrogens with one attached hydrogen (secondary N) is 1. The fourth-order valence-electron chi connectivity index (χ4n) is 0.841. The van der Waals surface area contributed by atoms with E-state index >= 15 is 0 Å². The Morgan fingerprint density at radius 3 is 2.40 bits per heavy atom. The van der Waals surface area contributed by atoms with Gasteiger partial charge in [-0.25, -0.2) is 13.6 Å². The highest BCUT2D eigenvalue weighted by Crippen LogP contribution is 2.06. The summed E-state index contributed by atoms with van der Waals surface area (Å²) >= 11 is 0. The summed E-state index contributed by atoms with van der Waals surface area (Å²) in [5, 5.41) is 2.32. The Kier molecular flexibility index (Phi) is 5.49. The predicted octanol–water partition coefficient (Wildman–Crippen LogP) is 1.49. The van der Waals surface area contributed by atoms with E-state index in [9.17, 15) is 13.6 Å². The standard InChI is InChI=1S/C9H18F2N2O2/c1-9(2,3)15-8(14)13-5-6(12)4-7(10)11/h6-7H,4-5,12H2,1-3H3,(H,13,14)/t6-/m1/s1. The molecule has 0 aliphatic rings. The molecule has 0 rings (SSSR count). The molecule has 90 valence electrons. The first-order chi connectivity index (χ1) is 6.70. The van der Waals surface area contributed by atoms with Crippen molar-refractivity contribution >= 4 is 6.09 Å². The van der Waals surface area contributed by atoms with Crippen molar-refractivity contribution in [1.29, 1.82) is 0 Å². The maximum Gasteiger partial charge on any atom is 0.407 e. The molecule has 3 N–H and O–H groups in total. The van der Waals surface area contributed by atoms with Crippen LogP contribution in [0.25, 0.3) is 0 Å². The van der Waals surface area contributed by atoms with E-state index in [1.165, 1.54) is 0 Å². The lowest BCUT2D eigenvalue weighted by Crippen LogP contribution is -2.40. The number of alkyl carbamates (subject to hydrolysis) is 1. The number of rotatable bonds is 4. The summed E-state index contributed by atoms with van der Waals surface area (Å²) < 4.78 is 28.6. The van der Waals surface area contributed by atoms with Crippen LogP contribution in [0.15, 0.2) is 0 Å². The summed E-state index contributed by atoms with van der Waals surface area (Å²) in [5.41, 5.74) is 4.74. The van der Waals surface area contributed by atoms with Crippen LogP contribution >= 0.6 is 0 Å². The van der Waals surface area contributed by atoms with Gasteiger partial charge in [0.25, 0.3) is 0 Å². The van der Waals surface area contributed by atoms with Crippen molar-refractivity contribution in [3.63, 3.8) is 0 Å². The molecule has 4 nitrogen and oxygen atoms in total. The van der Waals surface area contributed by atoms with Gasteiger partial charge in [-0.05, 0) is 20.8 Å². The summed E-state index contributed by atoms with van der Waals surface area (Å²) in [5.74, 6) is 0. The minimum atomic E-state index is -2.46. The van der Waals surface area contributed by atoms with Gasteiger partial charge in [0.15, 0.2) is 0 Å². The third-order valence-corrected chi connectivity index (χ3v) is 1.39. The van der Waals surface area contributed by atoms with E-state index in [1.807, 2.05) is 0 Å². The normalized spacial score (nSPS) is 13.8. The second-order valence-electron chi connectivity index (χ2n) is 4.27. The SMILES string of the molecule is CC(C)(C)OC(=O)NC[C@H](N)CC(F)F. The molecule has 6 heteroatoms. The maximum atomic E-state index is 11.9. The summed E-state index contributed by atoms with van der Waals surface area (Å²) in [6, 6.07) is -0.752. The minimum Gasteiger partial charge on any atom is -0.444 e. The van der Waals surface area contributed by atoms with Crippen LogP contribution in [0.3, 0.4) is 0 Å². The van der Waals surface area contributed by atoms with Crippen LogP contribution in [0.4, 0.5) is 13.6 Å². The Morgan fingerprint density at radius 1 is 1.47 bits per heavy atom. The molecule has 0 aromatic carbocycles. The lowest BCUT2D eigenvalue weighted by atomic mass is 10.2. The molecular formula is C9H18F2N2O2. The fourth-order valence-corrected chi connectivity index (χ4v) is 0.841. The molecule has 0 saturated carbocycles. The van der Waals surface area contributed by atoms with Crippen LogP contribution in [0.5, 0.6) is 0 Å². The first-order valence-electron chi connectivity index (χ1n) is 4.71. The van der Waals surface area contributed by atoms with E-state index < -0.39 is 30.6 Å². The van der Waals surface area contributed by atoms with Gasteiger partial charge in [-0.3, -0.25) is 0 Å². The first kappa shape index (κ1) is 14.1. The second-order valence-corrected chi connectivity index (χ2v) is 4.27. The van der Waals surface area contributed by atoms with Gasteiger partial charge in [-0.2, -0.15) is 0 Å². The van der Waals surface area contributed by atoms with Gasteiger partial charge >= 0.3 is 6.09 Å². The van der Waals surface area contributed by atoms with E-state index in [4.69, 9.17) is 10.5 Å². The van der Waals surface area contributed by atoms with Crippen LogP contribution in [0.1, 0.15) is 27.2 Å². The third-order valence-electron chi connectivity index (χ3n) is 1.39. The highest BCUT2D eigenvalue weighted by molar-refractivity contribution is 5.67. The van der Waals surface area contributed by atoms with Crippen molar-refractivity contribution in [3.05, 3.63) is 0 Å². The van der Waals surface area contributed by atoms with Crippen molar-refractivity contribution in [2.24, 2.45) is 5.73 Å². The molecule has 0 aliphatic heterocycles. The lowest BCUT2D eigenvalue weighted by Gasteiger charge is -2.20. The monoisotopic (exact) mass is 224 g/mol. The molecule has 0 aliphatic carbocycles. The van der Waals surface area contributed by atoms with E-state index in [0.29, 0.717) is 0 Å². The summed E-state index contributed by atoms with van der Waals surface area (Å²) in [6.45, 7) is 5.13. The van der Waals surface area contributed by atoms with Crippen molar-refractivity contribution in [2.45, 2.75) is 45.3 Å². The molecule has 1 atom stereocenters. The molecule has 0 fully saturated rings. The zero-order chi connectivity index (χ0) is 12.1. The van der Waals surface area contributed by atoms with Crippen molar-refractivity contribution in [1.82, 2.24) is 5.32 Å². The summed E-state index contributed by atoms with van der Waals surface area (Å²) in [6.07, 6.45) is -3.54. The summed E-state index contributed by atoms with van der Waals surface area (Å²) in [7, 11) is 0. The molecule has 0 saturated heterocycles. The zero-order valence-electron chi connectivity index (χ0n) is 9.22. The molecule has 0 bridgehead atoms. The molecular weight excluding hydrogens is 206 g/mol.